The van der Waals surface area contributed by atoms with E-state index in [0.717, 1.165) is 6.07 Å². The highest BCUT2D eigenvalue weighted by molar-refractivity contribution is 5.87. The topological polar surface area (TPSA) is 72.2 Å². The summed E-state index contributed by atoms with van der Waals surface area (Å²) in [5, 5.41) is 12.8. The molecule has 1 heterocycles. The van der Waals surface area contributed by atoms with Gasteiger partial charge >= 0.3 is 0 Å². The molecule has 2 rings (SSSR count). The molecule has 0 bridgehead atoms. The second-order valence-electron chi connectivity index (χ2n) is 5.43. The van der Waals surface area contributed by atoms with E-state index in [-0.39, 0.29) is 6.42 Å². The number of carbonyl (C=O) groups excluding carboxylic acids is 1. The third-order valence-corrected chi connectivity index (χ3v) is 3.85. The van der Waals surface area contributed by atoms with Crippen LogP contribution in [0.3, 0.4) is 0 Å². The quantitative estimate of drug-likeness (QED) is 0.529. The second kappa shape index (κ2) is 5.22. The summed E-state index contributed by atoms with van der Waals surface area (Å²) in [6, 6.07) is 1.19. The van der Waals surface area contributed by atoms with Crippen molar-refractivity contribution in [3.05, 3.63) is 39.4 Å². The Balaban J connectivity index is 2.48. The lowest BCUT2D eigenvalue weighted by Gasteiger charge is -2.40. The number of rotatable bonds is 3. The molecule has 9 heteroatoms. The van der Waals surface area contributed by atoms with E-state index in [4.69, 9.17) is 0 Å². The van der Waals surface area contributed by atoms with E-state index in [2.05, 4.69) is 5.32 Å². The van der Waals surface area contributed by atoms with E-state index in [1.807, 2.05) is 0 Å². The smallest absolute Gasteiger partial charge is 0.272 e. The number of carbonyl (C=O) groups is 1. The number of alkyl halides is 2. The Morgan fingerprint density at radius 3 is 2.50 bits per heavy atom. The summed E-state index contributed by atoms with van der Waals surface area (Å²) in [6.07, 6.45) is -0.785. The molecule has 1 saturated heterocycles. The molecule has 0 unspecified atom stereocenters. The van der Waals surface area contributed by atoms with Gasteiger partial charge in [-0.05, 0) is 19.8 Å². The SMILES string of the molecule is C[C@@]1(c2cc([N+](=O)[O-])cc(F)c2F)CC[C@](F)(CF)C(=O)N1. The van der Waals surface area contributed by atoms with Crippen LogP contribution in [0.15, 0.2) is 12.1 Å². The van der Waals surface area contributed by atoms with Gasteiger partial charge in [0.15, 0.2) is 11.6 Å². The van der Waals surface area contributed by atoms with Crippen LogP contribution in [0.2, 0.25) is 0 Å². The predicted molar refractivity (Wildman–Crippen MR) is 67.6 cm³/mol. The summed E-state index contributed by atoms with van der Waals surface area (Å²) in [4.78, 5) is 21.5. The van der Waals surface area contributed by atoms with E-state index < -0.39 is 58.0 Å². The van der Waals surface area contributed by atoms with E-state index in [1.54, 1.807) is 0 Å². The van der Waals surface area contributed by atoms with Gasteiger partial charge in [0.25, 0.3) is 11.6 Å². The van der Waals surface area contributed by atoms with Gasteiger partial charge < -0.3 is 5.32 Å². The fraction of sp³-hybridized carbons (Fsp3) is 0.462. The van der Waals surface area contributed by atoms with Gasteiger partial charge in [-0.25, -0.2) is 17.6 Å². The molecular formula is C13H12F4N2O3. The first kappa shape index (κ1) is 16.2. The minimum atomic E-state index is -2.73. The average molecular weight is 320 g/mol. The zero-order valence-electron chi connectivity index (χ0n) is 11.5. The molecule has 0 saturated carbocycles. The van der Waals surface area contributed by atoms with Gasteiger partial charge in [-0.1, -0.05) is 0 Å². The van der Waals surface area contributed by atoms with Crippen molar-refractivity contribution in [2.24, 2.45) is 0 Å². The molecule has 0 aliphatic carbocycles. The zero-order chi connectivity index (χ0) is 16.7. The monoisotopic (exact) mass is 320 g/mol. The zero-order valence-corrected chi connectivity index (χ0v) is 11.5. The van der Waals surface area contributed by atoms with Crippen LogP contribution in [0.1, 0.15) is 25.3 Å². The van der Waals surface area contributed by atoms with Gasteiger partial charge in [0.05, 0.1) is 16.5 Å². The minimum Gasteiger partial charge on any atom is -0.344 e. The minimum absolute atomic E-state index is 0.239. The summed E-state index contributed by atoms with van der Waals surface area (Å²) in [5.41, 5.74) is -5.48. The lowest BCUT2D eigenvalue weighted by atomic mass is 9.79. The maximum Gasteiger partial charge on any atom is 0.272 e. The molecule has 0 spiro atoms. The van der Waals surface area contributed by atoms with Gasteiger partial charge in [0, 0.05) is 11.6 Å². The molecule has 0 radical (unpaired) electrons. The van der Waals surface area contributed by atoms with Crippen LogP contribution < -0.4 is 5.32 Å². The Morgan fingerprint density at radius 2 is 2.00 bits per heavy atom. The standard InChI is InChI=1S/C13H12F4N2O3/c1-12(2-3-13(17,6-14)11(20)18-12)8-4-7(19(21)22)5-9(15)10(8)16/h4-5H,2-3,6H2,1H3,(H,18,20)/t12-,13-/m0/s1. The molecule has 1 aromatic carbocycles. The molecule has 1 aliphatic rings. The summed E-state index contributed by atoms with van der Waals surface area (Å²) >= 11 is 0. The number of benzene rings is 1. The molecular weight excluding hydrogens is 308 g/mol. The Kier molecular flexibility index (Phi) is 3.84. The highest BCUT2D eigenvalue weighted by atomic mass is 19.2. The summed E-state index contributed by atoms with van der Waals surface area (Å²) in [7, 11) is 0. The Morgan fingerprint density at radius 1 is 1.36 bits per heavy atom. The van der Waals surface area contributed by atoms with Gasteiger partial charge in [-0.2, -0.15) is 0 Å². The van der Waals surface area contributed by atoms with Crippen molar-refractivity contribution < 1.29 is 27.3 Å². The molecule has 1 fully saturated rings. The van der Waals surface area contributed by atoms with Crippen molar-refractivity contribution in [3.63, 3.8) is 0 Å². The van der Waals surface area contributed by atoms with Gasteiger partial charge in [0.1, 0.15) is 6.67 Å². The average Bonchev–Trinajstić information content (AvgIpc) is 2.46. The first-order chi connectivity index (χ1) is 10.1. The molecule has 1 amide bonds. The number of hydrogen-bond donors (Lipinski definition) is 1. The van der Waals surface area contributed by atoms with Crippen molar-refractivity contribution in [1.82, 2.24) is 5.32 Å². The first-order valence-corrected chi connectivity index (χ1v) is 6.34. The third kappa shape index (κ3) is 2.51. The number of hydrogen-bond acceptors (Lipinski definition) is 3. The van der Waals surface area contributed by atoms with Crippen molar-refractivity contribution in [2.75, 3.05) is 6.67 Å². The van der Waals surface area contributed by atoms with Crippen molar-refractivity contribution >= 4 is 11.6 Å². The number of non-ortho nitro benzene ring substituents is 1. The number of nitro groups is 1. The second-order valence-corrected chi connectivity index (χ2v) is 5.43. The summed E-state index contributed by atoms with van der Waals surface area (Å²) < 4.78 is 54.0. The Hall–Kier alpha value is -2.19. The fourth-order valence-electron chi connectivity index (χ4n) is 2.40. The van der Waals surface area contributed by atoms with Crippen molar-refractivity contribution in [3.8, 4) is 0 Å². The third-order valence-electron chi connectivity index (χ3n) is 3.85. The van der Waals surface area contributed by atoms with Crippen LogP contribution in [0.4, 0.5) is 23.2 Å². The van der Waals surface area contributed by atoms with Crippen LogP contribution in [0.25, 0.3) is 0 Å². The van der Waals surface area contributed by atoms with E-state index in [0.29, 0.717) is 6.07 Å². The van der Waals surface area contributed by atoms with Crippen LogP contribution in [-0.2, 0) is 10.3 Å². The van der Waals surface area contributed by atoms with E-state index >= 15 is 0 Å². The number of halogens is 4. The normalized spacial score (nSPS) is 28.3. The van der Waals surface area contributed by atoms with Gasteiger partial charge in [-0.15, -0.1) is 0 Å². The highest BCUT2D eigenvalue weighted by Crippen LogP contribution is 2.39. The summed E-state index contributed by atoms with van der Waals surface area (Å²) in [6.45, 7) is -0.273. The Bertz CT molecular complexity index is 654. The maximum absolute atomic E-state index is 14.0. The molecule has 1 aliphatic heterocycles. The molecule has 5 nitrogen and oxygen atoms in total. The number of amides is 1. The van der Waals surface area contributed by atoms with Gasteiger partial charge in [0.2, 0.25) is 5.67 Å². The van der Waals surface area contributed by atoms with Gasteiger partial charge in [-0.3, -0.25) is 14.9 Å². The van der Waals surface area contributed by atoms with Crippen LogP contribution >= 0.6 is 0 Å². The number of piperidine rings is 1. The number of nitro benzene ring substituents is 1. The number of nitrogens with zero attached hydrogens (tertiary/aromatic N) is 1. The van der Waals surface area contributed by atoms with E-state index in [9.17, 15) is 32.5 Å². The summed E-state index contributed by atoms with van der Waals surface area (Å²) in [5.74, 6) is -4.13. The molecule has 0 aromatic heterocycles. The van der Waals surface area contributed by atoms with Crippen molar-refractivity contribution in [2.45, 2.75) is 31.0 Å². The maximum atomic E-state index is 14.0. The molecule has 120 valence electrons. The van der Waals surface area contributed by atoms with Crippen molar-refractivity contribution in [1.29, 1.82) is 0 Å². The fourth-order valence-corrected chi connectivity index (χ4v) is 2.40. The molecule has 2 atom stereocenters. The lowest BCUT2D eigenvalue weighted by molar-refractivity contribution is -0.385. The first-order valence-electron chi connectivity index (χ1n) is 6.34. The predicted octanol–water partition coefficient (Wildman–Crippen LogP) is 2.68. The molecule has 22 heavy (non-hydrogen) atoms. The Labute approximate surface area is 122 Å². The van der Waals surface area contributed by atoms with Crippen LogP contribution in [0.5, 0.6) is 0 Å². The van der Waals surface area contributed by atoms with Crippen LogP contribution in [0, 0.1) is 21.7 Å². The number of nitrogens with one attached hydrogen (secondary N) is 1. The molecule has 1 aromatic rings. The van der Waals surface area contributed by atoms with Crippen LogP contribution in [-0.4, -0.2) is 23.2 Å². The largest absolute Gasteiger partial charge is 0.344 e. The van der Waals surface area contributed by atoms with E-state index in [1.165, 1.54) is 6.92 Å². The molecule has 1 N–H and O–H groups in total. The lowest BCUT2D eigenvalue weighted by Crippen LogP contribution is -2.58. The highest BCUT2D eigenvalue weighted by Gasteiger charge is 2.49.